The molecule has 23 heavy (non-hydrogen) atoms. The van der Waals surface area contributed by atoms with Gasteiger partial charge in [0.05, 0.1) is 12.7 Å². The van der Waals surface area contributed by atoms with Crippen LogP contribution in [0.15, 0.2) is 36.4 Å². The minimum atomic E-state index is -0.539. The first-order valence-corrected chi connectivity index (χ1v) is 9.40. The van der Waals surface area contributed by atoms with Crippen LogP contribution in [0.25, 0.3) is 10.8 Å². The maximum absolute atomic E-state index is 10.5. The Bertz CT molecular complexity index is 667. The molecule has 2 unspecified atom stereocenters. The molecule has 1 saturated heterocycles. The van der Waals surface area contributed by atoms with Crippen molar-refractivity contribution in [2.24, 2.45) is 0 Å². The van der Waals surface area contributed by atoms with Gasteiger partial charge in [0.1, 0.15) is 5.75 Å². The van der Waals surface area contributed by atoms with E-state index < -0.39 is 5.60 Å². The zero-order chi connectivity index (χ0) is 16.3. The smallest absolute Gasteiger partial charge is 0.119 e. The largest absolute Gasteiger partial charge is 0.497 e. The SMILES string of the molecule is CCC(NCC1(O)CCSC1)c1ccc2cc(OC)ccc2c1. The van der Waals surface area contributed by atoms with E-state index in [-0.39, 0.29) is 6.04 Å². The normalized spacial score (nSPS) is 22.4. The van der Waals surface area contributed by atoms with Gasteiger partial charge in [-0.2, -0.15) is 11.8 Å². The number of fused-ring (bicyclic) bond motifs is 1. The first-order valence-electron chi connectivity index (χ1n) is 8.25. The van der Waals surface area contributed by atoms with Crippen molar-refractivity contribution in [1.29, 1.82) is 0 Å². The summed E-state index contributed by atoms with van der Waals surface area (Å²) >= 11 is 1.84. The number of rotatable bonds is 6. The molecule has 124 valence electrons. The first-order chi connectivity index (χ1) is 11.1. The summed E-state index contributed by atoms with van der Waals surface area (Å²) < 4.78 is 5.29. The molecule has 3 nitrogen and oxygen atoms in total. The van der Waals surface area contributed by atoms with E-state index in [0.29, 0.717) is 6.54 Å². The molecule has 3 rings (SSSR count). The number of methoxy groups -OCH3 is 1. The Hall–Kier alpha value is -1.23. The fraction of sp³-hybridized carbons (Fsp3) is 0.474. The number of hydrogen-bond acceptors (Lipinski definition) is 4. The van der Waals surface area contributed by atoms with Gasteiger partial charge < -0.3 is 15.2 Å². The highest BCUT2D eigenvalue weighted by molar-refractivity contribution is 7.99. The number of benzene rings is 2. The van der Waals surface area contributed by atoms with E-state index >= 15 is 0 Å². The third-order valence-corrected chi connectivity index (χ3v) is 5.88. The molecule has 0 saturated carbocycles. The van der Waals surface area contributed by atoms with Gasteiger partial charge in [0.25, 0.3) is 0 Å². The predicted molar refractivity (Wildman–Crippen MR) is 98.4 cm³/mol. The summed E-state index contributed by atoms with van der Waals surface area (Å²) in [5, 5.41) is 16.5. The lowest BCUT2D eigenvalue weighted by atomic mass is 9.98. The van der Waals surface area contributed by atoms with Crippen LogP contribution in [0.5, 0.6) is 5.75 Å². The third-order valence-electron chi connectivity index (χ3n) is 4.64. The molecule has 1 aliphatic heterocycles. The van der Waals surface area contributed by atoms with Gasteiger partial charge in [-0.1, -0.05) is 25.1 Å². The van der Waals surface area contributed by atoms with Crippen LogP contribution in [0.4, 0.5) is 0 Å². The van der Waals surface area contributed by atoms with Crippen molar-refractivity contribution >= 4 is 22.5 Å². The second kappa shape index (κ2) is 7.12. The Morgan fingerprint density at radius 2 is 2.04 bits per heavy atom. The highest BCUT2D eigenvalue weighted by Gasteiger charge is 2.32. The topological polar surface area (TPSA) is 41.5 Å². The van der Waals surface area contributed by atoms with Crippen LogP contribution in [0.1, 0.15) is 31.4 Å². The standard InChI is InChI=1S/C19H25NO2S/c1-3-18(20-12-19(21)8-9-23-13-19)16-5-4-15-11-17(22-2)7-6-14(15)10-16/h4-7,10-11,18,20-21H,3,8-9,12-13H2,1-2H3. The third kappa shape index (κ3) is 3.82. The molecule has 0 amide bonds. The Morgan fingerprint density at radius 3 is 2.74 bits per heavy atom. The van der Waals surface area contributed by atoms with Crippen molar-refractivity contribution in [3.8, 4) is 5.75 Å². The van der Waals surface area contributed by atoms with Crippen LogP contribution in [0.3, 0.4) is 0 Å². The summed E-state index contributed by atoms with van der Waals surface area (Å²) in [5.41, 5.74) is 0.738. The molecule has 0 aliphatic carbocycles. The van der Waals surface area contributed by atoms with Crippen molar-refractivity contribution in [3.63, 3.8) is 0 Å². The number of ether oxygens (including phenoxy) is 1. The summed E-state index contributed by atoms with van der Waals surface area (Å²) in [6.45, 7) is 2.85. The van der Waals surface area contributed by atoms with Crippen LogP contribution in [-0.4, -0.2) is 35.9 Å². The molecule has 1 fully saturated rings. The second-order valence-electron chi connectivity index (χ2n) is 6.34. The summed E-state index contributed by atoms with van der Waals surface area (Å²) in [5.74, 6) is 2.79. The van der Waals surface area contributed by atoms with Gasteiger partial charge >= 0.3 is 0 Å². The first kappa shape index (κ1) is 16.6. The Morgan fingerprint density at radius 1 is 1.26 bits per heavy atom. The van der Waals surface area contributed by atoms with E-state index in [2.05, 4.69) is 42.6 Å². The van der Waals surface area contributed by atoms with Gasteiger partial charge in [-0.3, -0.25) is 0 Å². The fourth-order valence-corrected chi connectivity index (χ4v) is 4.43. The minimum absolute atomic E-state index is 0.274. The van der Waals surface area contributed by atoms with E-state index in [1.807, 2.05) is 17.8 Å². The summed E-state index contributed by atoms with van der Waals surface area (Å²) in [7, 11) is 1.69. The van der Waals surface area contributed by atoms with Crippen molar-refractivity contribution < 1.29 is 9.84 Å². The van der Waals surface area contributed by atoms with E-state index in [0.717, 1.165) is 30.1 Å². The van der Waals surface area contributed by atoms with Crippen LogP contribution < -0.4 is 10.1 Å². The summed E-state index contributed by atoms with van der Waals surface area (Å²) in [6, 6.07) is 13.0. The van der Waals surface area contributed by atoms with Gasteiger partial charge in [0, 0.05) is 18.3 Å². The molecule has 0 radical (unpaired) electrons. The van der Waals surface area contributed by atoms with Gasteiger partial charge in [0.2, 0.25) is 0 Å². The van der Waals surface area contributed by atoms with E-state index in [1.165, 1.54) is 16.3 Å². The number of nitrogens with one attached hydrogen (secondary N) is 1. The molecule has 0 bridgehead atoms. The van der Waals surface area contributed by atoms with Crippen molar-refractivity contribution in [2.75, 3.05) is 25.2 Å². The van der Waals surface area contributed by atoms with Crippen molar-refractivity contribution in [1.82, 2.24) is 5.32 Å². The van der Waals surface area contributed by atoms with Gasteiger partial charge in [-0.05, 0) is 53.1 Å². The molecule has 1 heterocycles. The molecule has 4 heteroatoms. The molecule has 0 aromatic heterocycles. The summed E-state index contributed by atoms with van der Waals surface area (Å²) in [4.78, 5) is 0. The van der Waals surface area contributed by atoms with Gasteiger partial charge in [0.15, 0.2) is 0 Å². The molecular formula is C19H25NO2S. The lowest BCUT2D eigenvalue weighted by molar-refractivity contribution is 0.0644. The summed E-state index contributed by atoms with van der Waals surface area (Å²) in [6.07, 6.45) is 1.89. The van der Waals surface area contributed by atoms with E-state index in [4.69, 9.17) is 4.74 Å². The zero-order valence-electron chi connectivity index (χ0n) is 13.8. The molecule has 2 N–H and O–H groups in total. The predicted octanol–water partition coefficient (Wildman–Crippen LogP) is 3.76. The number of hydrogen-bond donors (Lipinski definition) is 2. The van der Waals surface area contributed by atoms with Crippen LogP contribution in [0.2, 0.25) is 0 Å². The quantitative estimate of drug-likeness (QED) is 0.846. The molecule has 2 aromatic rings. The Labute approximate surface area is 142 Å². The second-order valence-corrected chi connectivity index (χ2v) is 7.45. The fourth-order valence-electron chi connectivity index (χ4n) is 3.13. The molecule has 0 spiro atoms. The molecule has 2 atom stereocenters. The number of aliphatic hydroxyl groups is 1. The molecular weight excluding hydrogens is 306 g/mol. The van der Waals surface area contributed by atoms with Gasteiger partial charge in [-0.15, -0.1) is 0 Å². The molecule has 2 aromatic carbocycles. The van der Waals surface area contributed by atoms with Crippen molar-refractivity contribution in [2.45, 2.75) is 31.4 Å². The van der Waals surface area contributed by atoms with E-state index in [9.17, 15) is 5.11 Å². The van der Waals surface area contributed by atoms with Crippen LogP contribution in [-0.2, 0) is 0 Å². The van der Waals surface area contributed by atoms with Gasteiger partial charge in [-0.25, -0.2) is 0 Å². The average molecular weight is 331 g/mol. The van der Waals surface area contributed by atoms with Crippen LogP contribution in [0, 0.1) is 0 Å². The lowest BCUT2D eigenvalue weighted by Gasteiger charge is -2.26. The minimum Gasteiger partial charge on any atom is -0.497 e. The maximum Gasteiger partial charge on any atom is 0.119 e. The zero-order valence-corrected chi connectivity index (χ0v) is 14.7. The monoisotopic (exact) mass is 331 g/mol. The highest BCUT2D eigenvalue weighted by Crippen LogP contribution is 2.29. The Kier molecular flexibility index (Phi) is 5.14. The Balaban J connectivity index is 1.76. The van der Waals surface area contributed by atoms with Crippen molar-refractivity contribution in [3.05, 3.63) is 42.0 Å². The highest BCUT2D eigenvalue weighted by atomic mass is 32.2. The number of thioether (sulfide) groups is 1. The molecule has 1 aliphatic rings. The maximum atomic E-state index is 10.5. The lowest BCUT2D eigenvalue weighted by Crippen LogP contribution is -2.41. The average Bonchev–Trinajstić information content (AvgIpc) is 3.01. The van der Waals surface area contributed by atoms with E-state index in [1.54, 1.807) is 7.11 Å². The van der Waals surface area contributed by atoms with Crippen LogP contribution >= 0.6 is 11.8 Å².